The van der Waals surface area contributed by atoms with Crippen molar-refractivity contribution in [3.05, 3.63) is 71.8 Å². The summed E-state index contributed by atoms with van der Waals surface area (Å²) < 4.78 is 25.1. The van der Waals surface area contributed by atoms with Crippen molar-refractivity contribution >= 4 is 33.0 Å². The summed E-state index contributed by atoms with van der Waals surface area (Å²) in [6.07, 6.45) is 14.9. The van der Waals surface area contributed by atoms with Gasteiger partial charge in [0.05, 0.1) is 13.2 Å². The van der Waals surface area contributed by atoms with Gasteiger partial charge in [0.2, 0.25) is 11.8 Å². The van der Waals surface area contributed by atoms with Crippen LogP contribution in [0.5, 0.6) is 11.5 Å². The average Bonchev–Trinajstić information content (AvgIpc) is 3.70. The monoisotopic (exact) mass is 646 g/mol. The van der Waals surface area contributed by atoms with E-state index in [1.165, 1.54) is 64.2 Å². The molecule has 252 valence electrons. The van der Waals surface area contributed by atoms with Crippen molar-refractivity contribution in [3.8, 4) is 34.4 Å². The van der Waals surface area contributed by atoms with E-state index in [2.05, 4.69) is 64.1 Å². The fraction of sp³-hybridized carbons (Fsp3) is 0.429. The lowest BCUT2D eigenvalue weighted by molar-refractivity contribution is 0.302. The van der Waals surface area contributed by atoms with Gasteiger partial charge in [-0.15, -0.1) is 0 Å². The molecule has 0 radical (unpaired) electrons. The van der Waals surface area contributed by atoms with Gasteiger partial charge in [-0.25, -0.2) is 9.97 Å². The van der Waals surface area contributed by atoms with Crippen molar-refractivity contribution in [2.24, 2.45) is 0 Å². The SMILES string of the molecule is CCCCCCCCOc1cc2oc(-c3cccc4c(-c5nc6cc(C)c(OCCCCCCCC)cc6o5)cccc34)nc2cc1C. The third-order valence-corrected chi connectivity index (χ3v) is 9.26. The Kier molecular flexibility index (Phi) is 11.3. The van der Waals surface area contributed by atoms with Gasteiger partial charge in [0.1, 0.15) is 22.5 Å². The molecule has 0 aliphatic carbocycles. The predicted octanol–water partition coefficient (Wildman–Crippen LogP) is 12.6. The van der Waals surface area contributed by atoms with Gasteiger partial charge in [-0.3, -0.25) is 0 Å². The molecular weight excluding hydrogens is 596 g/mol. The molecule has 0 fully saturated rings. The summed E-state index contributed by atoms with van der Waals surface area (Å²) >= 11 is 0. The second kappa shape index (κ2) is 16.2. The smallest absolute Gasteiger partial charge is 0.227 e. The molecule has 0 aliphatic rings. The van der Waals surface area contributed by atoms with Gasteiger partial charge in [-0.05, 0) is 72.9 Å². The molecule has 0 saturated carbocycles. The van der Waals surface area contributed by atoms with E-state index in [-0.39, 0.29) is 0 Å². The molecule has 4 aromatic carbocycles. The maximum atomic E-state index is 6.37. The van der Waals surface area contributed by atoms with E-state index in [1.54, 1.807) is 0 Å². The van der Waals surface area contributed by atoms with Gasteiger partial charge < -0.3 is 18.3 Å². The zero-order valence-electron chi connectivity index (χ0n) is 29.2. The molecule has 6 heteroatoms. The van der Waals surface area contributed by atoms with Gasteiger partial charge >= 0.3 is 0 Å². The largest absolute Gasteiger partial charge is 0.493 e. The Bertz CT molecular complexity index is 1810. The van der Waals surface area contributed by atoms with Crippen LogP contribution in [0.2, 0.25) is 0 Å². The molecule has 6 aromatic rings. The van der Waals surface area contributed by atoms with E-state index in [1.807, 2.05) is 24.3 Å². The third kappa shape index (κ3) is 7.86. The molecular formula is C42H50N2O4. The molecule has 0 atom stereocenters. The van der Waals surface area contributed by atoms with Crippen LogP contribution >= 0.6 is 0 Å². The maximum Gasteiger partial charge on any atom is 0.227 e. The van der Waals surface area contributed by atoms with Crippen LogP contribution in [0.4, 0.5) is 0 Å². The molecule has 6 nitrogen and oxygen atoms in total. The third-order valence-electron chi connectivity index (χ3n) is 9.26. The van der Waals surface area contributed by atoms with Crippen LogP contribution < -0.4 is 9.47 Å². The molecule has 0 saturated heterocycles. The zero-order valence-corrected chi connectivity index (χ0v) is 29.2. The first-order valence-corrected chi connectivity index (χ1v) is 18.2. The Morgan fingerprint density at radius 3 is 1.38 bits per heavy atom. The minimum Gasteiger partial charge on any atom is -0.493 e. The first kappa shape index (κ1) is 33.6. The van der Waals surface area contributed by atoms with Crippen LogP contribution in [0, 0.1) is 13.8 Å². The van der Waals surface area contributed by atoms with Crippen molar-refractivity contribution < 1.29 is 18.3 Å². The lowest BCUT2D eigenvalue weighted by Crippen LogP contribution is -1.98. The molecule has 0 aliphatic heterocycles. The fourth-order valence-corrected chi connectivity index (χ4v) is 6.47. The van der Waals surface area contributed by atoms with E-state index in [0.29, 0.717) is 25.0 Å². The van der Waals surface area contributed by atoms with Gasteiger partial charge in [0, 0.05) is 23.3 Å². The number of nitrogens with zero attached hydrogens (tertiary/aromatic N) is 2. The highest BCUT2D eigenvalue weighted by atomic mass is 16.5. The van der Waals surface area contributed by atoms with Crippen molar-refractivity contribution in [2.75, 3.05) is 13.2 Å². The molecule has 0 bridgehead atoms. The lowest BCUT2D eigenvalue weighted by Gasteiger charge is -2.08. The van der Waals surface area contributed by atoms with Crippen LogP contribution in [0.25, 0.3) is 55.9 Å². The van der Waals surface area contributed by atoms with Crippen molar-refractivity contribution in [1.29, 1.82) is 0 Å². The standard InChI is InChI=1S/C42H50N2O4/c1-5-7-9-11-13-15-23-45-37-27-39-35(25-29(37)3)43-41(47-39)33-21-17-20-32-31(33)19-18-22-34(32)42-44-36-26-30(4)38(28-40(36)48-42)46-24-16-14-12-10-8-6-2/h17-22,25-28H,5-16,23-24H2,1-4H3. The molecule has 2 heterocycles. The summed E-state index contributed by atoms with van der Waals surface area (Å²) in [6.45, 7) is 10.1. The number of hydrogen-bond acceptors (Lipinski definition) is 6. The van der Waals surface area contributed by atoms with Gasteiger partial charge in [-0.1, -0.05) is 102 Å². The Morgan fingerprint density at radius 2 is 0.938 bits per heavy atom. The van der Waals surface area contributed by atoms with Crippen molar-refractivity contribution in [2.45, 2.75) is 105 Å². The molecule has 6 rings (SSSR count). The zero-order chi connectivity index (χ0) is 33.3. The Labute approximate surface area is 284 Å². The highest BCUT2D eigenvalue weighted by Crippen LogP contribution is 2.38. The number of rotatable bonds is 18. The summed E-state index contributed by atoms with van der Waals surface area (Å²) in [7, 11) is 0. The Morgan fingerprint density at radius 1 is 0.521 bits per heavy atom. The molecule has 0 amide bonds. The van der Waals surface area contributed by atoms with Crippen LogP contribution in [0.3, 0.4) is 0 Å². The summed E-state index contributed by atoms with van der Waals surface area (Å²) in [5, 5.41) is 2.05. The molecule has 0 N–H and O–H groups in total. The Balaban J connectivity index is 1.20. The minimum absolute atomic E-state index is 0.584. The van der Waals surface area contributed by atoms with E-state index in [4.69, 9.17) is 28.3 Å². The minimum atomic E-state index is 0.584. The molecule has 0 unspecified atom stereocenters. The first-order chi connectivity index (χ1) is 23.6. The number of benzene rings is 4. The number of hydrogen-bond donors (Lipinski definition) is 0. The summed E-state index contributed by atoms with van der Waals surface area (Å²) in [5.74, 6) is 2.89. The van der Waals surface area contributed by atoms with Gasteiger partial charge in [-0.2, -0.15) is 0 Å². The van der Waals surface area contributed by atoms with E-state index in [9.17, 15) is 0 Å². The van der Waals surface area contributed by atoms with E-state index in [0.717, 1.165) is 79.6 Å². The Hall–Kier alpha value is -4.32. The highest BCUT2D eigenvalue weighted by molar-refractivity contribution is 6.03. The number of unbranched alkanes of at least 4 members (excludes halogenated alkanes) is 10. The average molecular weight is 647 g/mol. The van der Waals surface area contributed by atoms with Crippen LogP contribution in [0.15, 0.2) is 69.5 Å². The van der Waals surface area contributed by atoms with Gasteiger partial charge in [0.25, 0.3) is 0 Å². The highest BCUT2D eigenvalue weighted by Gasteiger charge is 2.18. The number of ether oxygens (including phenoxy) is 2. The van der Waals surface area contributed by atoms with Crippen LogP contribution in [-0.4, -0.2) is 23.2 Å². The van der Waals surface area contributed by atoms with E-state index >= 15 is 0 Å². The first-order valence-electron chi connectivity index (χ1n) is 18.2. The van der Waals surface area contributed by atoms with E-state index < -0.39 is 0 Å². The maximum absolute atomic E-state index is 6.37. The number of aryl methyl sites for hydroxylation is 2. The number of oxazole rings is 2. The van der Waals surface area contributed by atoms with Gasteiger partial charge in [0.15, 0.2) is 11.2 Å². The fourth-order valence-electron chi connectivity index (χ4n) is 6.47. The number of fused-ring (bicyclic) bond motifs is 3. The second-order valence-corrected chi connectivity index (χ2v) is 13.1. The molecule has 48 heavy (non-hydrogen) atoms. The lowest BCUT2D eigenvalue weighted by atomic mass is 10.00. The topological polar surface area (TPSA) is 70.5 Å². The second-order valence-electron chi connectivity index (χ2n) is 13.1. The molecule has 0 spiro atoms. The predicted molar refractivity (Wildman–Crippen MR) is 197 cm³/mol. The number of aromatic nitrogens is 2. The van der Waals surface area contributed by atoms with Crippen molar-refractivity contribution in [3.63, 3.8) is 0 Å². The quantitative estimate of drug-likeness (QED) is 0.0865. The van der Waals surface area contributed by atoms with Crippen LogP contribution in [-0.2, 0) is 0 Å². The van der Waals surface area contributed by atoms with Crippen LogP contribution in [0.1, 0.15) is 102 Å². The normalized spacial score (nSPS) is 11.7. The summed E-state index contributed by atoms with van der Waals surface area (Å²) in [6, 6.07) is 20.5. The molecule has 2 aromatic heterocycles. The summed E-state index contributed by atoms with van der Waals surface area (Å²) in [5.41, 5.74) is 7.09. The van der Waals surface area contributed by atoms with Crippen molar-refractivity contribution in [1.82, 2.24) is 9.97 Å². The summed E-state index contributed by atoms with van der Waals surface area (Å²) in [4.78, 5) is 9.81.